The Morgan fingerprint density at radius 3 is 2.15 bits per heavy atom. The first-order chi connectivity index (χ1) is 9.34. The molecule has 5 unspecified atom stereocenters. The molecule has 1 saturated heterocycles. The molecule has 1 nitrogen and oxygen atoms in total. The Kier molecular flexibility index (Phi) is 4.60. The quantitative estimate of drug-likeness (QED) is 0.555. The lowest BCUT2D eigenvalue weighted by molar-refractivity contribution is -0.0511. The molecule has 3 fully saturated rings. The van der Waals surface area contributed by atoms with Gasteiger partial charge >= 0.3 is 0 Å². The summed E-state index contributed by atoms with van der Waals surface area (Å²) in [5.74, 6) is 3.48. The zero-order chi connectivity index (χ0) is 15.1. The monoisotopic (exact) mass is 280 g/mol. The normalized spacial score (nSPS) is 44.9. The van der Waals surface area contributed by atoms with Crippen molar-refractivity contribution in [3.05, 3.63) is 0 Å². The van der Waals surface area contributed by atoms with Crippen LogP contribution in [0.15, 0.2) is 0 Å². The van der Waals surface area contributed by atoms with Crippen LogP contribution in [0.4, 0.5) is 0 Å². The summed E-state index contributed by atoms with van der Waals surface area (Å²) in [5.41, 5.74) is 0.574. The van der Waals surface area contributed by atoms with E-state index in [-0.39, 0.29) is 5.60 Å². The molecule has 0 radical (unpaired) electrons. The standard InChI is InChI=1S/C17H30O.C2H6/c1-11-15-14(17(4,5)18-11)10-12-8-6-7-9-13(12)16(15,2)3;1-2/h11-15H,6-10H2,1-5H3;1-2H3. The van der Waals surface area contributed by atoms with Crippen LogP contribution < -0.4 is 0 Å². The zero-order valence-corrected chi connectivity index (χ0v) is 14.8. The van der Waals surface area contributed by atoms with Gasteiger partial charge in [-0.1, -0.05) is 47.0 Å². The van der Waals surface area contributed by atoms with Crippen molar-refractivity contribution >= 4 is 0 Å². The number of hydrogen-bond donors (Lipinski definition) is 0. The van der Waals surface area contributed by atoms with Crippen molar-refractivity contribution < 1.29 is 4.74 Å². The van der Waals surface area contributed by atoms with Crippen LogP contribution in [0.25, 0.3) is 0 Å². The summed E-state index contributed by atoms with van der Waals surface area (Å²) in [7, 11) is 0. The Morgan fingerprint density at radius 1 is 0.900 bits per heavy atom. The molecule has 0 N–H and O–H groups in total. The third kappa shape index (κ3) is 2.45. The minimum Gasteiger partial charge on any atom is -0.372 e. The fourth-order valence-electron chi connectivity index (χ4n) is 6.00. The molecule has 3 aliphatic rings. The van der Waals surface area contributed by atoms with E-state index in [4.69, 9.17) is 4.74 Å². The SMILES string of the molecule is CC.CC1OC(C)(C)C2CC3CCCCC3C(C)(C)C12. The Bertz CT molecular complexity index is 331. The number of fused-ring (bicyclic) bond motifs is 2. The van der Waals surface area contributed by atoms with Gasteiger partial charge in [0, 0.05) is 0 Å². The lowest BCUT2D eigenvalue weighted by Crippen LogP contribution is -2.50. The van der Waals surface area contributed by atoms with E-state index in [0.29, 0.717) is 11.5 Å². The largest absolute Gasteiger partial charge is 0.372 e. The van der Waals surface area contributed by atoms with E-state index in [0.717, 1.165) is 23.7 Å². The van der Waals surface area contributed by atoms with E-state index < -0.39 is 0 Å². The van der Waals surface area contributed by atoms with Crippen LogP contribution in [-0.4, -0.2) is 11.7 Å². The maximum atomic E-state index is 6.34. The van der Waals surface area contributed by atoms with Gasteiger partial charge in [-0.25, -0.2) is 0 Å². The lowest BCUT2D eigenvalue weighted by atomic mass is 9.49. The predicted octanol–water partition coefficient (Wildman–Crippen LogP) is 5.68. The molecule has 2 aliphatic carbocycles. The highest BCUT2D eigenvalue weighted by Gasteiger charge is 2.59. The number of ether oxygens (including phenoxy) is 1. The summed E-state index contributed by atoms with van der Waals surface area (Å²) in [6.07, 6.45) is 7.74. The second kappa shape index (κ2) is 5.63. The molecule has 0 aromatic heterocycles. The van der Waals surface area contributed by atoms with Crippen molar-refractivity contribution in [2.24, 2.45) is 29.1 Å². The van der Waals surface area contributed by atoms with Gasteiger partial charge in [-0.3, -0.25) is 0 Å². The molecule has 1 heterocycles. The third-order valence-corrected chi connectivity index (χ3v) is 6.60. The van der Waals surface area contributed by atoms with Gasteiger partial charge in [0.2, 0.25) is 0 Å². The van der Waals surface area contributed by atoms with Crippen LogP contribution >= 0.6 is 0 Å². The Hall–Kier alpha value is -0.0400. The molecule has 1 heteroatoms. The van der Waals surface area contributed by atoms with Gasteiger partial charge in [0.05, 0.1) is 11.7 Å². The van der Waals surface area contributed by atoms with Crippen molar-refractivity contribution in [2.75, 3.05) is 0 Å². The summed E-state index contributed by atoms with van der Waals surface area (Å²) >= 11 is 0. The van der Waals surface area contributed by atoms with Crippen molar-refractivity contribution in [3.63, 3.8) is 0 Å². The second-order valence-electron chi connectivity index (χ2n) is 8.27. The molecule has 20 heavy (non-hydrogen) atoms. The van der Waals surface area contributed by atoms with Crippen molar-refractivity contribution in [2.45, 2.75) is 92.3 Å². The minimum absolute atomic E-state index is 0.101. The molecule has 3 rings (SSSR count). The van der Waals surface area contributed by atoms with Gasteiger partial charge in [-0.05, 0) is 62.7 Å². The van der Waals surface area contributed by atoms with E-state index >= 15 is 0 Å². The third-order valence-electron chi connectivity index (χ3n) is 6.60. The molecule has 0 bridgehead atoms. The maximum absolute atomic E-state index is 6.34. The van der Waals surface area contributed by atoms with E-state index in [1.54, 1.807) is 0 Å². The first-order valence-corrected chi connectivity index (χ1v) is 9.02. The van der Waals surface area contributed by atoms with Gasteiger partial charge < -0.3 is 4.74 Å². The molecule has 5 atom stereocenters. The number of hydrogen-bond acceptors (Lipinski definition) is 1. The summed E-state index contributed by atoms with van der Waals surface area (Å²) in [6, 6.07) is 0. The van der Waals surface area contributed by atoms with Crippen LogP contribution in [0.1, 0.15) is 80.6 Å². The Balaban J connectivity index is 0.000000704. The van der Waals surface area contributed by atoms with Crippen LogP contribution in [0.2, 0.25) is 0 Å². The van der Waals surface area contributed by atoms with E-state index in [9.17, 15) is 0 Å². The summed E-state index contributed by atoms with van der Waals surface area (Å²) in [4.78, 5) is 0. The Labute approximate surface area is 126 Å². The number of rotatable bonds is 0. The highest BCUT2D eigenvalue weighted by molar-refractivity contribution is 5.07. The van der Waals surface area contributed by atoms with Crippen LogP contribution in [0, 0.1) is 29.1 Å². The van der Waals surface area contributed by atoms with E-state index in [2.05, 4.69) is 34.6 Å². The van der Waals surface area contributed by atoms with Crippen molar-refractivity contribution in [1.82, 2.24) is 0 Å². The smallest absolute Gasteiger partial charge is 0.0662 e. The van der Waals surface area contributed by atoms with Gasteiger partial charge in [0.1, 0.15) is 0 Å². The topological polar surface area (TPSA) is 9.23 Å². The average molecular weight is 280 g/mol. The summed E-state index contributed by atoms with van der Waals surface area (Å²) in [6.45, 7) is 16.0. The first-order valence-electron chi connectivity index (χ1n) is 9.02. The molecule has 1 aliphatic heterocycles. The average Bonchev–Trinajstić information content (AvgIpc) is 2.62. The van der Waals surface area contributed by atoms with Gasteiger partial charge in [0.25, 0.3) is 0 Å². The second-order valence-corrected chi connectivity index (χ2v) is 8.27. The lowest BCUT2D eigenvalue weighted by Gasteiger charge is -2.54. The fraction of sp³-hybridized carbons (Fsp3) is 1.00. The van der Waals surface area contributed by atoms with Crippen LogP contribution in [0.5, 0.6) is 0 Å². The summed E-state index contributed by atoms with van der Waals surface area (Å²) < 4.78 is 6.34. The fourth-order valence-corrected chi connectivity index (χ4v) is 6.00. The van der Waals surface area contributed by atoms with Crippen LogP contribution in [-0.2, 0) is 4.74 Å². The molecule has 2 saturated carbocycles. The highest BCUT2D eigenvalue weighted by Crippen LogP contribution is 2.62. The van der Waals surface area contributed by atoms with Crippen LogP contribution in [0.3, 0.4) is 0 Å². The maximum Gasteiger partial charge on any atom is 0.0662 e. The van der Waals surface area contributed by atoms with Gasteiger partial charge in [-0.15, -0.1) is 0 Å². The first kappa shape index (κ1) is 16.3. The zero-order valence-electron chi connectivity index (χ0n) is 14.8. The van der Waals surface area contributed by atoms with Gasteiger partial charge in [0.15, 0.2) is 0 Å². The van der Waals surface area contributed by atoms with E-state index in [1.807, 2.05) is 13.8 Å². The van der Waals surface area contributed by atoms with E-state index in [1.165, 1.54) is 32.1 Å². The predicted molar refractivity (Wildman–Crippen MR) is 86.8 cm³/mol. The van der Waals surface area contributed by atoms with Gasteiger partial charge in [-0.2, -0.15) is 0 Å². The Morgan fingerprint density at radius 2 is 1.50 bits per heavy atom. The molecule has 0 aromatic rings. The van der Waals surface area contributed by atoms with Crippen molar-refractivity contribution in [1.29, 1.82) is 0 Å². The molecule has 0 aromatic carbocycles. The molecule has 0 amide bonds. The summed E-state index contributed by atoms with van der Waals surface area (Å²) in [5, 5.41) is 0. The molecular weight excluding hydrogens is 244 g/mol. The molecule has 0 spiro atoms. The van der Waals surface area contributed by atoms with Crippen molar-refractivity contribution in [3.8, 4) is 0 Å². The minimum atomic E-state index is 0.101. The highest BCUT2D eigenvalue weighted by atomic mass is 16.5. The molecular formula is C19H36O. The molecule has 118 valence electrons.